The molecule has 1 aliphatic rings. The van der Waals surface area contributed by atoms with E-state index in [-0.39, 0.29) is 6.10 Å². The van der Waals surface area contributed by atoms with Crippen LogP contribution < -0.4 is 4.74 Å². The standard InChI is InChI=1S/C17H16O4.C2H6/c1-19-17(18)14-9-13(16-11-21-16)7-8-15(14)20-10-12-5-3-2-4-6-12;1-2/h2-9,16H,10-11H2,1H3;1-2H3. The minimum absolute atomic E-state index is 0.0941. The number of hydrogen-bond donors (Lipinski definition) is 0. The third-order valence-electron chi connectivity index (χ3n) is 3.35. The maximum Gasteiger partial charge on any atom is 0.341 e. The van der Waals surface area contributed by atoms with Crippen molar-refractivity contribution in [2.45, 2.75) is 26.6 Å². The zero-order valence-electron chi connectivity index (χ0n) is 13.7. The van der Waals surface area contributed by atoms with Gasteiger partial charge in [0.1, 0.15) is 24.0 Å². The van der Waals surface area contributed by atoms with E-state index in [9.17, 15) is 4.79 Å². The molecule has 0 aliphatic carbocycles. The van der Waals surface area contributed by atoms with Crippen LogP contribution in [0.25, 0.3) is 0 Å². The highest BCUT2D eigenvalue weighted by Crippen LogP contribution is 2.33. The van der Waals surface area contributed by atoms with Crippen molar-refractivity contribution in [3.8, 4) is 5.75 Å². The number of methoxy groups -OCH3 is 1. The topological polar surface area (TPSA) is 48.1 Å². The van der Waals surface area contributed by atoms with Crippen molar-refractivity contribution in [2.75, 3.05) is 13.7 Å². The largest absolute Gasteiger partial charge is 0.488 e. The van der Waals surface area contributed by atoms with Crippen molar-refractivity contribution < 1.29 is 19.0 Å². The van der Waals surface area contributed by atoms with Gasteiger partial charge in [-0.15, -0.1) is 0 Å². The average molecular weight is 314 g/mol. The molecule has 0 saturated carbocycles. The molecule has 4 heteroatoms. The first-order valence-electron chi connectivity index (χ1n) is 7.78. The van der Waals surface area contributed by atoms with E-state index < -0.39 is 5.97 Å². The first-order chi connectivity index (χ1) is 11.3. The van der Waals surface area contributed by atoms with Crippen LogP contribution in [0.2, 0.25) is 0 Å². The van der Waals surface area contributed by atoms with Crippen molar-refractivity contribution in [2.24, 2.45) is 0 Å². The Bertz CT molecular complexity index is 633. The van der Waals surface area contributed by atoms with Crippen molar-refractivity contribution in [3.63, 3.8) is 0 Å². The molecule has 122 valence electrons. The molecule has 0 bridgehead atoms. The Morgan fingerprint density at radius 1 is 1.17 bits per heavy atom. The third-order valence-corrected chi connectivity index (χ3v) is 3.35. The molecule has 1 aliphatic heterocycles. The van der Waals surface area contributed by atoms with Gasteiger partial charge in [-0.3, -0.25) is 0 Å². The molecule has 2 aromatic rings. The molecule has 1 unspecified atom stereocenters. The van der Waals surface area contributed by atoms with Gasteiger partial charge in [0.25, 0.3) is 0 Å². The molecule has 0 amide bonds. The first kappa shape index (κ1) is 17.0. The van der Waals surface area contributed by atoms with Gasteiger partial charge in [-0.05, 0) is 23.3 Å². The van der Waals surface area contributed by atoms with Crippen molar-refractivity contribution in [1.29, 1.82) is 0 Å². The maximum absolute atomic E-state index is 11.9. The summed E-state index contributed by atoms with van der Waals surface area (Å²) in [5.74, 6) is 0.121. The number of carbonyl (C=O) groups excluding carboxylic acids is 1. The number of hydrogen-bond acceptors (Lipinski definition) is 4. The summed E-state index contributed by atoms with van der Waals surface area (Å²) < 4.78 is 15.8. The summed E-state index contributed by atoms with van der Waals surface area (Å²) in [5.41, 5.74) is 2.45. The molecule has 3 rings (SSSR count). The van der Waals surface area contributed by atoms with Crippen molar-refractivity contribution in [3.05, 3.63) is 65.2 Å². The number of esters is 1. The van der Waals surface area contributed by atoms with Crippen LogP contribution in [-0.2, 0) is 16.1 Å². The van der Waals surface area contributed by atoms with E-state index in [4.69, 9.17) is 14.2 Å². The average Bonchev–Trinajstić information content (AvgIpc) is 3.47. The van der Waals surface area contributed by atoms with Gasteiger partial charge in [-0.1, -0.05) is 50.2 Å². The Morgan fingerprint density at radius 2 is 1.87 bits per heavy atom. The zero-order valence-corrected chi connectivity index (χ0v) is 13.7. The Hall–Kier alpha value is -2.33. The van der Waals surface area contributed by atoms with Crippen LogP contribution in [0.15, 0.2) is 48.5 Å². The fourth-order valence-electron chi connectivity index (χ4n) is 2.12. The number of ether oxygens (including phenoxy) is 3. The van der Waals surface area contributed by atoms with Crippen LogP contribution in [0.1, 0.15) is 41.4 Å². The highest BCUT2D eigenvalue weighted by Gasteiger charge is 2.26. The molecule has 23 heavy (non-hydrogen) atoms. The molecule has 0 spiro atoms. The normalized spacial score (nSPS) is 15.2. The highest BCUT2D eigenvalue weighted by molar-refractivity contribution is 5.92. The summed E-state index contributed by atoms with van der Waals surface area (Å²) in [6.07, 6.45) is 0.0941. The number of epoxide rings is 1. The summed E-state index contributed by atoms with van der Waals surface area (Å²) in [6, 6.07) is 15.3. The second-order valence-corrected chi connectivity index (χ2v) is 4.84. The molecule has 0 N–H and O–H groups in total. The summed E-state index contributed by atoms with van der Waals surface area (Å²) >= 11 is 0. The van der Waals surface area contributed by atoms with E-state index in [2.05, 4.69) is 0 Å². The molecule has 1 saturated heterocycles. The third kappa shape index (κ3) is 4.57. The molecule has 4 nitrogen and oxygen atoms in total. The molecule has 2 aromatic carbocycles. The molecule has 1 atom stereocenters. The smallest absolute Gasteiger partial charge is 0.341 e. The summed E-state index contributed by atoms with van der Waals surface area (Å²) in [6.45, 7) is 5.11. The van der Waals surface area contributed by atoms with Gasteiger partial charge in [0.2, 0.25) is 0 Å². The fourth-order valence-corrected chi connectivity index (χ4v) is 2.12. The number of benzene rings is 2. The lowest BCUT2D eigenvalue weighted by atomic mass is 10.1. The predicted octanol–water partition coefficient (Wildman–Crippen LogP) is 4.15. The Morgan fingerprint density at radius 3 is 2.48 bits per heavy atom. The van der Waals surface area contributed by atoms with Gasteiger partial charge in [0.05, 0.1) is 13.7 Å². The molecule has 1 fully saturated rings. The molecule has 1 heterocycles. The predicted molar refractivity (Wildman–Crippen MR) is 88.6 cm³/mol. The van der Waals surface area contributed by atoms with Crippen LogP contribution in [0.3, 0.4) is 0 Å². The molecular formula is C19H22O4. The lowest BCUT2D eigenvalue weighted by Crippen LogP contribution is -2.06. The zero-order chi connectivity index (χ0) is 16.7. The Balaban J connectivity index is 0.000000924. The summed E-state index contributed by atoms with van der Waals surface area (Å²) in [5, 5.41) is 0. The number of carbonyl (C=O) groups is 1. The highest BCUT2D eigenvalue weighted by atomic mass is 16.6. The first-order valence-corrected chi connectivity index (χ1v) is 7.78. The summed E-state index contributed by atoms with van der Waals surface area (Å²) in [4.78, 5) is 11.9. The van der Waals surface area contributed by atoms with Gasteiger partial charge < -0.3 is 14.2 Å². The quantitative estimate of drug-likeness (QED) is 0.614. The second-order valence-electron chi connectivity index (χ2n) is 4.84. The van der Waals surface area contributed by atoms with Gasteiger partial charge in [-0.25, -0.2) is 4.79 Å². The van der Waals surface area contributed by atoms with E-state index >= 15 is 0 Å². The monoisotopic (exact) mass is 314 g/mol. The van der Waals surface area contributed by atoms with Gasteiger partial charge in [0.15, 0.2) is 0 Å². The fraction of sp³-hybridized carbons (Fsp3) is 0.316. The van der Waals surface area contributed by atoms with Crippen LogP contribution >= 0.6 is 0 Å². The van der Waals surface area contributed by atoms with E-state index in [0.717, 1.165) is 11.1 Å². The van der Waals surface area contributed by atoms with Gasteiger partial charge in [-0.2, -0.15) is 0 Å². The van der Waals surface area contributed by atoms with Crippen molar-refractivity contribution in [1.82, 2.24) is 0 Å². The molecule has 0 aromatic heterocycles. The second kappa shape index (κ2) is 8.34. The van der Waals surface area contributed by atoms with E-state index in [1.807, 2.05) is 50.2 Å². The van der Waals surface area contributed by atoms with Gasteiger partial charge in [0, 0.05) is 0 Å². The van der Waals surface area contributed by atoms with Crippen LogP contribution in [0.4, 0.5) is 0 Å². The Labute approximate surface area is 137 Å². The van der Waals surface area contributed by atoms with E-state index in [0.29, 0.717) is 24.5 Å². The molecular weight excluding hydrogens is 292 g/mol. The maximum atomic E-state index is 11.9. The molecule has 0 radical (unpaired) electrons. The van der Waals surface area contributed by atoms with Crippen LogP contribution in [-0.4, -0.2) is 19.7 Å². The minimum Gasteiger partial charge on any atom is -0.488 e. The van der Waals surface area contributed by atoms with E-state index in [1.54, 1.807) is 12.1 Å². The summed E-state index contributed by atoms with van der Waals surface area (Å²) in [7, 11) is 1.36. The minimum atomic E-state index is -0.402. The van der Waals surface area contributed by atoms with E-state index in [1.165, 1.54) is 7.11 Å². The lowest BCUT2D eigenvalue weighted by Gasteiger charge is -2.11. The Kier molecular flexibility index (Phi) is 6.18. The van der Waals surface area contributed by atoms with Crippen LogP contribution in [0, 0.1) is 0 Å². The SMILES string of the molecule is CC.COC(=O)c1cc(C2CO2)ccc1OCc1ccccc1. The van der Waals surface area contributed by atoms with Crippen LogP contribution in [0.5, 0.6) is 5.75 Å². The number of rotatable bonds is 5. The van der Waals surface area contributed by atoms with Gasteiger partial charge >= 0.3 is 5.97 Å². The van der Waals surface area contributed by atoms with Crippen molar-refractivity contribution >= 4 is 5.97 Å². The lowest BCUT2D eigenvalue weighted by molar-refractivity contribution is 0.0595.